The first-order chi connectivity index (χ1) is 15.0. The summed E-state index contributed by atoms with van der Waals surface area (Å²) in [7, 11) is -3.72. The van der Waals surface area contributed by atoms with E-state index in [4.69, 9.17) is 0 Å². The second-order valence-corrected chi connectivity index (χ2v) is 9.94. The number of carbonyl (C=O) groups excluding carboxylic acids is 2. The molecule has 2 aromatic rings. The maximum Gasteiger partial charge on any atom is 0.244 e. The Bertz CT molecular complexity index is 1040. The van der Waals surface area contributed by atoms with Gasteiger partial charge in [0.25, 0.3) is 0 Å². The molecule has 0 saturated heterocycles. The molecule has 32 heavy (non-hydrogen) atoms. The maximum absolute atomic E-state index is 13.4. The zero-order valence-corrected chi connectivity index (χ0v) is 20.3. The molecule has 1 atom stereocenters. The van der Waals surface area contributed by atoms with E-state index in [2.05, 4.69) is 5.32 Å². The Morgan fingerprint density at radius 1 is 1.03 bits per heavy atom. The van der Waals surface area contributed by atoms with Gasteiger partial charge in [0.2, 0.25) is 21.8 Å². The van der Waals surface area contributed by atoms with E-state index in [1.165, 1.54) is 4.90 Å². The van der Waals surface area contributed by atoms with Crippen LogP contribution in [0, 0.1) is 13.8 Å². The van der Waals surface area contributed by atoms with Gasteiger partial charge in [0.05, 0.1) is 11.9 Å². The Kier molecular flexibility index (Phi) is 8.83. The lowest BCUT2D eigenvalue weighted by Gasteiger charge is -2.32. The first-order valence-electron chi connectivity index (χ1n) is 10.7. The van der Waals surface area contributed by atoms with Gasteiger partial charge >= 0.3 is 0 Å². The van der Waals surface area contributed by atoms with Crippen LogP contribution in [0.1, 0.15) is 37.0 Å². The number of aryl methyl sites for hydroxylation is 2. The van der Waals surface area contributed by atoms with Crippen molar-refractivity contribution in [2.75, 3.05) is 23.7 Å². The molecule has 0 aromatic heterocycles. The largest absolute Gasteiger partial charge is 0.354 e. The van der Waals surface area contributed by atoms with Gasteiger partial charge in [-0.2, -0.15) is 0 Å². The zero-order chi connectivity index (χ0) is 23.9. The number of nitrogens with zero attached hydrogens (tertiary/aromatic N) is 2. The average molecular weight is 460 g/mol. The Morgan fingerprint density at radius 3 is 2.22 bits per heavy atom. The van der Waals surface area contributed by atoms with E-state index < -0.39 is 22.0 Å². The molecule has 0 bridgehead atoms. The Morgan fingerprint density at radius 2 is 1.66 bits per heavy atom. The van der Waals surface area contributed by atoms with E-state index in [0.29, 0.717) is 12.2 Å². The van der Waals surface area contributed by atoms with E-state index in [1.54, 1.807) is 32.0 Å². The molecule has 0 aliphatic carbocycles. The standard InChI is InChI=1S/C24H33N3O4S/c1-6-15-25-24(29)20(4)26(16-21-13-11-18(2)12-14-21)23(28)17-27(32(5,30)31)22-10-8-7-9-19(22)3/h7-14,20H,6,15-17H2,1-5H3,(H,25,29)/t20-/m0/s1. The van der Waals surface area contributed by atoms with Crippen molar-refractivity contribution in [3.8, 4) is 0 Å². The van der Waals surface area contributed by atoms with Crippen LogP contribution in [0.4, 0.5) is 5.69 Å². The van der Waals surface area contributed by atoms with Crippen molar-refractivity contribution in [1.29, 1.82) is 0 Å². The molecule has 2 aromatic carbocycles. The Balaban J connectivity index is 2.37. The molecule has 2 amide bonds. The number of benzene rings is 2. The van der Waals surface area contributed by atoms with Crippen LogP contribution in [0.15, 0.2) is 48.5 Å². The third-order valence-electron chi connectivity index (χ3n) is 5.25. The highest BCUT2D eigenvalue weighted by atomic mass is 32.2. The second-order valence-electron chi connectivity index (χ2n) is 8.03. The van der Waals surface area contributed by atoms with Crippen molar-refractivity contribution in [3.05, 3.63) is 65.2 Å². The minimum atomic E-state index is -3.72. The van der Waals surface area contributed by atoms with E-state index >= 15 is 0 Å². The van der Waals surface area contributed by atoms with Crippen LogP contribution in [-0.4, -0.2) is 50.5 Å². The fourth-order valence-corrected chi connectivity index (χ4v) is 4.21. The lowest BCUT2D eigenvalue weighted by molar-refractivity contribution is -0.139. The molecule has 2 rings (SSSR count). The predicted molar refractivity (Wildman–Crippen MR) is 128 cm³/mol. The summed E-state index contributed by atoms with van der Waals surface area (Å²) in [5.74, 6) is -0.715. The molecule has 1 N–H and O–H groups in total. The fourth-order valence-electron chi connectivity index (χ4n) is 3.31. The first-order valence-corrected chi connectivity index (χ1v) is 12.6. The van der Waals surface area contributed by atoms with Gasteiger partial charge in [-0.1, -0.05) is 55.0 Å². The molecule has 0 heterocycles. The van der Waals surface area contributed by atoms with Gasteiger partial charge in [0, 0.05) is 13.1 Å². The molecular formula is C24H33N3O4S. The average Bonchev–Trinajstić information content (AvgIpc) is 2.74. The van der Waals surface area contributed by atoms with E-state index in [9.17, 15) is 18.0 Å². The van der Waals surface area contributed by atoms with Gasteiger partial charge in [-0.25, -0.2) is 8.42 Å². The van der Waals surface area contributed by atoms with E-state index in [0.717, 1.165) is 33.7 Å². The SMILES string of the molecule is CCCNC(=O)[C@H](C)N(Cc1ccc(C)cc1)C(=O)CN(c1ccccc1C)S(C)(=O)=O. The highest BCUT2D eigenvalue weighted by molar-refractivity contribution is 7.92. The van der Waals surface area contributed by atoms with Gasteiger partial charge in [0.15, 0.2) is 0 Å². The quantitative estimate of drug-likeness (QED) is 0.592. The number of sulfonamides is 1. The molecule has 0 aliphatic heterocycles. The smallest absolute Gasteiger partial charge is 0.244 e. The van der Waals surface area contributed by atoms with Crippen LogP contribution < -0.4 is 9.62 Å². The van der Waals surface area contributed by atoms with Crippen LogP contribution in [0.25, 0.3) is 0 Å². The molecule has 0 spiro atoms. The van der Waals surface area contributed by atoms with Crippen molar-refractivity contribution in [2.45, 2.75) is 46.7 Å². The van der Waals surface area contributed by atoms with Gasteiger partial charge in [0.1, 0.15) is 12.6 Å². The number of amides is 2. The maximum atomic E-state index is 13.4. The van der Waals surface area contributed by atoms with Gasteiger partial charge < -0.3 is 10.2 Å². The summed E-state index contributed by atoms with van der Waals surface area (Å²) in [5.41, 5.74) is 3.13. The Labute approximate surface area is 191 Å². The summed E-state index contributed by atoms with van der Waals surface area (Å²) in [4.78, 5) is 27.5. The van der Waals surface area contributed by atoms with Crippen LogP contribution in [0.5, 0.6) is 0 Å². The highest BCUT2D eigenvalue weighted by Crippen LogP contribution is 2.23. The summed E-state index contributed by atoms with van der Waals surface area (Å²) < 4.78 is 26.2. The lowest BCUT2D eigenvalue weighted by Crippen LogP contribution is -2.51. The van der Waals surface area contributed by atoms with Crippen LogP contribution in [-0.2, 0) is 26.2 Å². The van der Waals surface area contributed by atoms with Crippen molar-refractivity contribution >= 4 is 27.5 Å². The van der Waals surface area contributed by atoms with Crippen molar-refractivity contribution in [1.82, 2.24) is 10.2 Å². The molecule has 0 fully saturated rings. The van der Waals surface area contributed by atoms with Crippen LogP contribution in [0.2, 0.25) is 0 Å². The first kappa shape index (κ1) is 25.4. The summed E-state index contributed by atoms with van der Waals surface area (Å²) in [5, 5.41) is 2.82. The normalized spacial score (nSPS) is 12.2. The molecule has 8 heteroatoms. The van der Waals surface area contributed by atoms with Gasteiger partial charge in [-0.15, -0.1) is 0 Å². The third-order valence-corrected chi connectivity index (χ3v) is 6.38. The molecule has 0 unspecified atom stereocenters. The second kappa shape index (κ2) is 11.1. The predicted octanol–water partition coefficient (Wildman–Crippen LogP) is 3.01. The topological polar surface area (TPSA) is 86.8 Å². The number of nitrogens with one attached hydrogen (secondary N) is 1. The zero-order valence-electron chi connectivity index (χ0n) is 19.5. The van der Waals surface area contributed by atoms with E-state index in [1.807, 2.05) is 44.2 Å². The fraction of sp³-hybridized carbons (Fsp3) is 0.417. The number of carbonyl (C=O) groups is 2. The Hall–Kier alpha value is -2.87. The number of hydrogen-bond acceptors (Lipinski definition) is 4. The molecular weight excluding hydrogens is 426 g/mol. The monoisotopic (exact) mass is 459 g/mol. The third kappa shape index (κ3) is 6.82. The minimum Gasteiger partial charge on any atom is -0.354 e. The van der Waals surface area contributed by atoms with Crippen LogP contribution >= 0.6 is 0 Å². The van der Waals surface area contributed by atoms with Gasteiger partial charge in [-0.05, 0) is 44.4 Å². The van der Waals surface area contributed by atoms with E-state index in [-0.39, 0.29) is 19.0 Å². The van der Waals surface area contributed by atoms with Crippen molar-refractivity contribution < 1.29 is 18.0 Å². The summed E-state index contributed by atoms with van der Waals surface area (Å²) in [6.45, 7) is 7.70. The molecule has 0 saturated carbocycles. The van der Waals surface area contributed by atoms with Gasteiger partial charge in [-0.3, -0.25) is 13.9 Å². The lowest BCUT2D eigenvalue weighted by atomic mass is 10.1. The van der Waals surface area contributed by atoms with Crippen molar-refractivity contribution in [3.63, 3.8) is 0 Å². The molecule has 0 aliphatic rings. The highest BCUT2D eigenvalue weighted by Gasteiger charge is 2.30. The molecule has 7 nitrogen and oxygen atoms in total. The summed E-state index contributed by atoms with van der Waals surface area (Å²) >= 11 is 0. The summed E-state index contributed by atoms with van der Waals surface area (Å²) in [6.07, 6.45) is 1.86. The van der Waals surface area contributed by atoms with Crippen LogP contribution in [0.3, 0.4) is 0 Å². The van der Waals surface area contributed by atoms with Crippen molar-refractivity contribution in [2.24, 2.45) is 0 Å². The molecule has 0 radical (unpaired) electrons. The number of rotatable bonds is 10. The number of anilines is 1. The number of para-hydroxylation sites is 1. The summed E-state index contributed by atoms with van der Waals surface area (Å²) in [6, 6.07) is 13.9. The number of hydrogen-bond donors (Lipinski definition) is 1. The molecule has 174 valence electrons. The minimum absolute atomic E-state index is 0.200.